The predicted molar refractivity (Wildman–Crippen MR) is 59.2 cm³/mol. The number of nitrogens with zero attached hydrogens (tertiary/aromatic N) is 1. The molecule has 1 heterocycles. The Morgan fingerprint density at radius 2 is 2.25 bits per heavy atom. The summed E-state index contributed by atoms with van der Waals surface area (Å²) in [4.78, 5) is 13.5. The van der Waals surface area contributed by atoms with Crippen molar-refractivity contribution in [2.45, 2.75) is 25.0 Å². The molecule has 2 fully saturated rings. The van der Waals surface area contributed by atoms with Crippen LogP contribution in [-0.4, -0.2) is 62.9 Å². The lowest BCUT2D eigenvalue weighted by Crippen LogP contribution is -2.42. The SMILES string of the molecule is CN(C(=O)CNCC1COCCO1)C1CC1. The molecule has 0 aromatic carbocycles. The lowest BCUT2D eigenvalue weighted by Gasteiger charge is -2.23. The second-order valence-electron chi connectivity index (χ2n) is 4.43. The minimum atomic E-state index is 0.0905. The number of carbonyl (C=O) groups is 1. The van der Waals surface area contributed by atoms with Crippen LogP contribution in [0.1, 0.15) is 12.8 Å². The molecule has 1 saturated carbocycles. The number of hydrogen-bond donors (Lipinski definition) is 1. The largest absolute Gasteiger partial charge is 0.376 e. The quantitative estimate of drug-likeness (QED) is 0.696. The van der Waals surface area contributed by atoms with Crippen LogP contribution in [0.25, 0.3) is 0 Å². The molecule has 1 N–H and O–H groups in total. The lowest BCUT2D eigenvalue weighted by atomic mass is 10.3. The standard InChI is InChI=1S/C11H20N2O3/c1-13(9-2-3-9)11(14)7-12-6-10-8-15-4-5-16-10/h9-10,12H,2-8H2,1H3. The van der Waals surface area contributed by atoms with Crippen molar-refractivity contribution < 1.29 is 14.3 Å². The molecule has 1 aliphatic carbocycles. The highest BCUT2D eigenvalue weighted by Gasteiger charge is 2.29. The summed E-state index contributed by atoms with van der Waals surface area (Å²) < 4.78 is 10.7. The molecular weight excluding hydrogens is 208 g/mol. The van der Waals surface area contributed by atoms with Crippen molar-refractivity contribution in [1.82, 2.24) is 10.2 Å². The van der Waals surface area contributed by atoms with Crippen LogP contribution < -0.4 is 5.32 Å². The molecule has 1 aliphatic heterocycles. The predicted octanol–water partition coefficient (Wildman–Crippen LogP) is -0.388. The highest BCUT2D eigenvalue weighted by molar-refractivity contribution is 5.78. The Balaban J connectivity index is 1.57. The zero-order chi connectivity index (χ0) is 11.4. The first-order valence-electron chi connectivity index (χ1n) is 5.93. The molecule has 1 amide bonds. The third-order valence-corrected chi connectivity index (χ3v) is 3.02. The van der Waals surface area contributed by atoms with Crippen LogP contribution in [0.4, 0.5) is 0 Å². The Morgan fingerprint density at radius 3 is 2.88 bits per heavy atom. The lowest BCUT2D eigenvalue weighted by molar-refractivity contribution is -0.129. The van der Waals surface area contributed by atoms with Gasteiger partial charge in [-0.15, -0.1) is 0 Å². The molecule has 2 aliphatic rings. The van der Waals surface area contributed by atoms with Crippen molar-refractivity contribution in [3.05, 3.63) is 0 Å². The van der Waals surface area contributed by atoms with E-state index in [-0.39, 0.29) is 12.0 Å². The van der Waals surface area contributed by atoms with Gasteiger partial charge in [-0.2, -0.15) is 0 Å². The van der Waals surface area contributed by atoms with Gasteiger partial charge in [0.25, 0.3) is 0 Å². The molecule has 0 radical (unpaired) electrons. The summed E-state index contributed by atoms with van der Waals surface area (Å²) in [6, 6.07) is 0.489. The highest BCUT2D eigenvalue weighted by Crippen LogP contribution is 2.24. The fraction of sp³-hybridized carbons (Fsp3) is 0.909. The molecule has 5 nitrogen and oxygen atoms in total. The van der Waals surface area contributed by atoms with Crippen LogP contribution in [-0.2, 0) is 14.3 Å². The fourth-order valence-electron chi connectivity index (χ4n) is 1.78. The first-order chi connectivity index (χ1) is 7.77. The van der Waals surface area contributed by atoms with Gasteiger partial charge in [-0.3, -0.25) is 4.79 Å². The van der Waals surface area contributed by atoms with Crippen molar-refractivity contribution in [2.75, 3.05) is 40.0 Å². The molecule has 1 saturated heterocycles. The van der Waals surface area contributed by atoms with Crippen LogP contribution >= 0.6 is 0 Å². The van der Waals surface area contributed by atoms with Gasteiger partial charge in [-0.25, -0.2) is 0 Å². The third kappa shape index (κ3) is 3.43. The van der Waals surface area contributed by atoms with E-state index in [1.807, 2.05) is 11.9 Å². The van der Waals surface area contributed by atoms with Gasteiger partial charge in [0, 0.05) is 19.6 Å². The normalized spacial score (nSPS) is 25.4. The van der Waals surface area contributed by atoms with Gasteiger partial charge in [0.1, 0.15) is 0 Å². The van der Waals surface area contributed by atoms with Gasteiger partial charge < -0.3 is 19.7 Å². The maximum atomic E-state index is 11.7. The summed E-state index contributed by atoms with van der Waals surface area (Å²) in [5, 5.41) is 3.12. The van der Waals surface area contributed by atoms with Crippen molar-refractivity contribution >= 4 is 5.91 Å². The number of nitrogens with one attached hydrogen (secondary N) is 1. The van der Waals surface area contributed by atoms with Gasteiger partial charge in [0.2, 0.25) is 5.91 Å². The molecule has 0 aromatic heterocycles. The Hall–Kier alpha value is -0.650. The molecule has 16 heavy (non-hydrogen) atoms. The van der Waals surface area contributed by atoms with E-state index in [1.165, 1.54) is 0 Å². The van der Waals surface area contributed by atoms with Gasteiger partial charge in [0.05, 0.1) is 32.5 Å². The maximum Gasteiger partial charge on any atom is 0.236 e. The second kappa shape index (κ2) is 5.61. The van der Waals surface area contributed by atoms with Gasteiger partial charge >= 0.3 is 0 Å². The summed E-state index contributed by atoms with van der Waals surface area (Å²) in [5.74, 6) is 0.166. The smallest absolute Gasteiger partial charge is 0.236 e. The number of carbonyl (C=O) groups excluding carboxylic acids is 1. The summed E-state index contributed by atoms with van der Waals surface area (Å²) in [6.45, 7) is 3.04. The van der Waals surface area contributed by atoms with Gasteiger partial charge in [0.15, 0.2) is 0 Å². The first kappa shape index (κ1) is 11.8. The van der Waals surface area contributed by atoms with Crippen molar-refractivity contribution in [3.63, 3.8) is 0 Å². The average molecular weight is 228 g/mol. The van der Waals surface area contributed by atoms with Crippen LogP contribution in [0.2, 0.25) is 0 Å². The van der Waals surface area contributed by atoms with E-state index >= 15 is 0 Å². The monoisotopic (exact) mass is 228 g/mol. The van der Waals surface area contributed by atoms with Gasteiger partial charge in [-0.05, 0) is 12.8 Å². The van der Waals surface area contributed by atoms with E-state index in [9.17, 15) is 4.79 Å². The molecule has 5 heteroatoms. The fourth-order valence-corrected chi connectivity index (χ4v) is 1.78. The van der Waals surface area contributed by atoms with E-state index in [1.54, 1.807) is 0 Å². The van der Waals surface area contributed by atoms with Crippen molar-refractivity contribution in [1.29, 1.82) is 0 Å². The second-order valence-corrected chi connectivity index (χ2v) is 4.43. The summed E-state index contributed by atoms with van der Waals surface area (Å²) >= 11 is 0. The molecular formula is C11H20N2O3. The Labute approximate surface area is 96.1 Å². The average Bonchev–Trinajstić information content (AvgIpc) is 3.13. The molecule has 1 unspecified atom stereocenters. The Kier molecular flexibility index (Phi) is 4.15. The van der Waals surface area contributed by atoms with Crippen molar-refractivity contribution in [2.24, 2.45) is 0 Å². The number of amides is 1. The Bertz CT molecular complexity index is 237. The van der Waals surface area contributed by atoms with Crippen molar-refractivity contribution in [3.8, 4) is 0 Å². The molecule has 0 bridgehead atoms. The minimum Gasteiger partial charge on any atom is -0.376 e. The number of likely N-dealkylation sites (N-methyl/N-ethyl adjacent to an activating group) is 1. The summed E-state index contributed by atoms with van der Waals surface area (Å²) in [5.41, 5.74) is 0. The van der Waals surface area contributed by atoms with E-state index in [0.29, 0.717) is 39.0 Å². The Morgan fingerprint density at radius 1 is 1.44 bits per heavy atom. The van der Waals surface area contributed by atoms with E-state index in [2.05, 4.69) is 5.32 Å². The third-order valence-electron chi connectivity index (χ3n) is 3.02. The number of ether oxygens (including phenoxy) is 2. The first-order valence-corrected chi connectivity index (χ1v) is 5.93. The molecule has 92 valence electrons. The minimum absolute atomic E-state index is 0.0905. The van der Waals surface area contributed by atoms with E-state index in [0.717, 1.165) is 12.8 Å². The summed E-state index contributed by atoms with van der Waals surface area (Å²) in [7, 11) is 1.88. The summed E-state index contributed by atoms with van der Waals surface area (Å²) in [6.07, 6.45) is 2.40. The van der Waals surface area contributed by atoms with E-state index < -0.39 is 0 Å². The van der Waals surface area contributed by atoms with Crippen LogP contribution in [0, 0.1) is 0 Å². The van der Waals surface area contributed by atoms with Crippen LogP contribution in [0.3, 0.4) is 0 Å². The molecule has 1 atom stereocenters. The zero-order valence-electron chi connectivity index (χ0n) is 9.78. The van der Waals surface area contributed by atoms with Crippen LogP contribution in [0.15, 0.2) is 0 Å². The van der Waals surface area contributed by atoms with Gasteiger partial charge in [-0.1, -0.05) is 0 Å². The molecule has 0 spiro atoms. The molecule has 0 aromatic rings. The number of rotatable bonds is 5. The number of hydrogen-bond acceptors (Lipinski definition) is 4. The zero-order valence-corrected chi connectivity index (χ0v) is 9.78. The maximum absolute atomic E-state index is 11.7. The molecule has 2 rings (SSSR count). The van der Waals surface area contributed by atoms with E-state index in [4.69, 9.17) is 9.47 Å². The van der Waals surface area contributed by atoms with Crippen LogP contribution in [0.5, 0.6) is 0 Å². The highest BCUT2D eigenvalue weighted by atomic mass is 16.6. The topological polar surface area (TPSA) is 50.8 Å².